The molecule has 0 saturated carbocycles. The third kappa shape index (κ3) is 6.37. The van der Waals surface area contributed by atoms with Crippen LogP contribution in [0.25, 0.3) is 0 Å². The molecule has 4 aromatic rings. The Kier molecular flexibility index (Phi) is 7.77. The Morgan fingerprint density at radius 2 is 1.36 bits per heavy atom. The molecule has 8 heteroatoms. The summed E-state index contributed by atoms with van der Waals surface area (Å²) in [5, 5.41) is 16.1. The first kappa shape index (κ1) is 24.7. The van der Waals surface area contributed by atoms with E-state index < -0.39 is 10.2 Å². The first-order valence-corrected chi connectivity index (χ1v) is 12.0. The van der Waals surface area contributed by atoms with Crippen LogP contribution in [-0.4, -0.2) is 16.7 Å². The van der Waals surface area contributed by atoms with E-state index in [4.69, 9.17) is 0 Å². The zero-order valence-corrected chi connectivity index (χ0v) is 20.2. The minimum absolute atomic E-state index is 0.0766. The highest BCUT2D eigenvalue weighted by atomic mass is 32.2. The lowest BCUT2D eigenvalue weighted by molar-refractivity contribution is -0.384. The SMILES string of the molecule is Cc1ccc(NC(=O)C(Sc2ccc(NC(=O)c3ccc([N+](=O)[O-])cc3)cc2)c2ccccc2)cc1. The molecule has 1 atom stereocenters. The van der Waals surface area contributed by atoms with Crippen LogP contribution < -0.4 is 10.6 Å². The Hall–Kier alpha value is -4.43. The summed E-state index contributed by atoms with van der Waals surface area (Å²) >= 11 is 1.41. The number of nitrogens with one attached hydrogen (secondary N) is 2. The van der Waals surface area contributed by atoms with Gasteiger partial charge in [-0.3, -0.25) is 19.7 Å². The summed E-state index contributed by atoms with van der Waals surface area (Å²) in [4.78, 5) is 36.8. The molecule has 36 heavy (non-hydrogen) atoms. The van der Waals surface area contributed by atoms with Gasteiger partial charge in [0.15, 0.2) is 0 Å². The van der Waals surface area contributed by atoms with Gasteiger partial charge in [-0.1, -0.05) is 48.0 Å². The number of anilines is 2. The predicted octanol–water partition coefficient (Wildman–Crippen LogP) is 6.63. The van der Waals surface area contributed by atoms with Crippen LogP contribution in [0.2, 0.25) is 0 Å². The highest BCUT2D eigenvalue weighted by Gasteiger charge is 2.22. The van der Waals surface area contributed by atoms with Crippen molar-refractivity contribution in [1.82, 2.24) is 0 Å². The van der Waals surface area contributed by atoms with Gasteiger partial charge in [0.2, 0.25) is 5.91 Å². The van der Waals surface area contributed by atoms with Gasteiger partial charge in [0.05, 0.1) is 4.92 Å². The number of non-ortho nitro benzene ring substituents is 1. The highest BCUT2D eigenvalue weighted by molar-refractivity contribution is 8.00. The summed E-state index contributed by atoms with van der Waals surface area (Å²) in [7, 11) is 0. The second-order valence-electron chi connectivity index (χ2n) is 8.05. The number of benzene rings is 4. The molecule has 0 heterocycles. The second-order valence-corrected chi connectivity index (χ2v) is 9.22. The number of carbonyl (C=O) groups is 2. The van der Waals surface area contributed by atoms with Crippen LogP contribution in [0.4, 0.5) is 17.1 Å². The van der Waals surface area contributed by atoms with Gasteiger partial charge in [0.25, 0.3) is 11.6 Å². The first-order valence-electron chi connectivity index (χ1n) is 11.1. The minimum atomic E-state index is -0.512. The zero-order chi connectivity index (χ0) is 25.5. The van der Waals surface area contributed by atoms with Gasteiger partial charge in [0.1, 0.15) is 5.25 Å². The molecule has 0 aliphatic rings. The van der Waals surface area contributed by atoms with E-state index in [1.54, 1.807) is 12.1 Å². The number of hydrogen-bond acceptors (Lipinski definition) is 5. The van der Waals surface area contributed by atoms with Gasteiger partial charge in [-0.15, -0.1) is 11.8 Å². The van der Waals surface area contributed by atoms with Crippen LogP contribution in [0.1, 0.15) is 26.7 Å². The molecule has 0 radical (unpaired) electrons. The summed E-state index contributed by atoms with van der Waals surface area (Å²) in [6, 6.07) is 29.8. The number of aryl methyl sites for hydroxylation is 1. The standard InChI is InChI=1S/C28H23N3O4S/c1-19-7-11-22(12-8-19)30-28(33)26(20-5-3-2-4-6-20)36-25-17-13-23(14-18-25)29-27(32)21-9-15-24(16-10-21)31(34)35/h2-18,26H,1H3,(H,29,32)(H,30,33). The smallest absolute Gasteiger partial charge is 0.269 e. The van der Waals surface area contributed by atoms with Crippen molar-refractivity contribution in [1.29, 1.82) is 0 Å². The Balaban J connectivity index is 1.46. The van der Waals surface area contributed by atoms with Crippen molar-refractivity contribution in [3.63, 3.8) is 0 Å². The summed E-state index contributed by atoms with van der Waals surface area (Å²) < 4.78 is 0. The van der Waals surface area contributed by atoms with E-state index >= 15 is 0 Å². The second kappa shape index (κ2) is 11.3. The van der Waals surface area contributed by atoms with Crippen molar-refractivity contribution in [2.75, 3.05) is 10.6 Å². The Morgan fingerprint density at radius 3 is 1.97 bits per heavy atom. The molecule has 0 spiro atoms. The van der Waals surface area contributed by atoms with Gasteiger partial charge >= 0.3 is 0 Å². The number of hydrogen-bond donors (Lipinski definition) is 2. The summed E-state index contributed by atoms with van der Waals surface area (Å²) in [6.45, 7) is 1.99. The number of thioether (sulfide) groups is 1. The average Bonchev–Trinajstić information content (AvgIpc) is 2.90. The Morgan fingerprint density at radius 1 is 0.778 bits per heavy atom. The van der Waals surface area contributed by atoms with Crippen molar-refractivity contribution in [2.24, 2.45) is 0 Å². The van der Waals surface area contributed by atoms with Crippen LogP contribution in [-0.2, 0) is 4.79 Å². The first-order chi connectivity index (χ1) is 17.4. The zero-order valence-electron chi connectivity index (χ0n) is 19.4. The molecule has 2 amide bonds. The molecule has 0 fully saturated rings. The van der Waals surface area contributed by atoms with Crippen LogP contribution >= 0.6 is 11.8 Å². The molecule has 4 aromatic carbocycles. The van der Waals surface area contributed by atoms with Gasteiger partial charge in [-0.05, 0) is 61.0 Å². The number of carbonyl (C=O) groups excluding carboxylic acids is 2. The lowest BCUT2D eigenvalue weighted by atomic mass is 10.1. The lowest BCUT2D eigenvalue weighted by Gasteiger charge is -2.17. The van der Waals surface area contributed by atoms with Gasteiger partial charge in [-0.2, -0.15) is 0 Å². The average molecular weight is 498 g/mol. The molecular weight excluding hydrogens is 474 g/mol. The number of amides is 2. The lowest BCUT2D eigenvalue weighted by Crippen LogP contribution is -2.19. The molecule has 1 unspecified atom stereocenters. The van der Waals surface area contributed by atoms with E-state index in [2.05, 4.69) is 10.6 Å². The number of nitro benzene ring substituents is 1. The van der Waals surface area contributed by atoms with E-state index in [-0.39, 0.29) is 17.5 Å². The molecule has 180 valence electrons. The molecule has 2 N–H and O–H groups in total. The molecule has 7 nitrogen and oxygen atoms in total. The fourth-order valence-electron chi connectivity index (χ4n) is 3.44. The maximum absolute atomic E-state index is 13.2. The van der Waals surface area contributed by atoms with Crippen molar-refractivity contribution >= 4 is 40.6 Å². The topological polar surface area (TPSA) is 101 Å². The van der Waals surface area contributed by atoms with Crippen molar-refractivity contribution in [2.45, 2.75) is 17.1 Å². The number of rotatable bonds is 8. The quantitative estimate of drug-likeness (QED) is 0.162. The van der Waals surface area contributed by atoms with Gasteiger partial charge in [-0.25, -0.2) is 0 Å². The maximum atomic E-state index is 13.2. The van der Waals surface area contributed by atoms with E-state index in [1.807, 2.05) is 73.7 Å². The van der Waals surface area contributed by atoms with Crippen LogP contribution in [0.3, 0.4) is 0 Å². The summed E-state index contributed by atoms with van der Waals surface area (Å²) in [6.07, 6.45) is 0. The fraction of sp³-hybridized carbons (Fsp3) is 0.0714. The van der Waals surface area contributed by atoms with Crippen LogP contribution in [0.5, 0.6) is 0 Å². The Labute approximate surface area is 212 Å². The fourth-order valence-corrected chi connectivity index (χ4v) is 4.46. The molecule has 0 aliphatic heterocycles. The summed E-state index contributed by atoms with van der Waals surface area (Å²) in [5.74, 6) is -0.504. The normalized spacial score (nSPS) is 11.4. The van der Waals surface area contributed by atoms with Crippen molar-refractivity contribution in [3.8, 4) is 0 Å². The molecule has 0 bridgehead atoms. The highest BCUT2D eigenvalue weighted by Crippen LogP contribution is 2.36. The van der Waals surface area contributed by atoms with Crippen LogP contribution in [0.15, 0.2) is 108 Å². The van der Waals surface area contributed by atoms with Gasteiger partial charge < -0.3 is 10.6 Å². The van der Waals surface area contributed by atoms with Crippen molar-refractivity contribution < 1.29 is 14.5 Å². The van der Waals surface area contributed by atoms with E-state index in [9.17, 15) is 19.7 Å². The molecule has 0 saturated heterocycles. The number of nitrogens with zero attached hydrogens (tertiary/aromatic N) is 1. The minimum Gasteiger partial charge on any atom is -0.325 e. The van der Waals surface area contributed by atoms with Crippen molar-refractivity contribution in [3.05, 3.63) is 130 Å². The summed E-state index contributed by atoms with van der Waals surface area (Å²) in [5.41, 5.74) is 3.54. The number of nitro groups is 1. The predicted molar refractivity (Wildman–Crippen MR) is 142 cm³/mol. The third-order valence-corrected chi connectivity index (χ3v) is 6.63. The monoisotopic (exact) mass is 497 g/mol. The largest absolute Gasteiger partial charge is 0.325 e. The van der Waals surface area contributed by atoms with E-state index in [0.717, 1.165) is 21.7 Å². The van der Waals surface area contributed by atoms with Gasteiger partial charge in [0, 0.05) is 34.0 Å². The third-order valence-electron chi connectivity index (χ3n) is 5.37. The molecular formula is C28H23N3O4S. The maximum Gasteiger partial charge on any atom is 0.269 e. The molecule has 0 aliphatic carbocycles. The van der Waals surface area contributed by atoms with Crippen LogP contribution in [0, 0.1) is 17.0 Å². The Bertz CT molecular complexity index is 1360. The molecule has 4 rings (SSSR count). The van der Waals surface area contributed by atoms with E-state index in [1.165, 1.54) is 36.0 Å². The molecule has 0 aromatic heterocycles. The van der Waals surface area contributed by atoms with E-state index in [0.29, 0.717) is 11.3 Å².